The second kappa shape index (κ2) is 2.82. The van der Waals surface area contributed by atoms with Crippen LogP contribution in [-0.2, 0) is 0 Å². The molecule has 0 aromatic rings. The first-order chi connectivity index (χ1) is 5.55. The van der Waals surface area contributed by atoms with Gasteiger partial charge in [0.2, 0.25) is 0 Å². The van der Waals surface area contributed by atoms with Crippen LogP contribution in [0.2, 0.25) is 5.21 Å². The van der Waals surface area contributed by atoms with Crippen molar-refractivity contribution in [2.24, 2.45) is 17.8 Å². The van der Waals surface area contributed by atoms with Gasteiger partial charge in [0, 0.05) is 0 Å². The minimum Gasteiger partial charge on any atom is -0.0845 e. The minimum atomic E-state index is 0.567. The van der Waals surface area contributed by atoms with E-state index in [0.717, 1.165) is 17.8 Å². The topological polar surface area (TPSA) is 0 Å². The Morgan fingerprint density at radius 3 is 2.25 bits per heavy atom. The van der Waals surface area contributed by atoms with Gasteiger partial charge in [0.1, 0.15) is 0 Å². The van der Waals surface area contributed by atoms with Gasteiger partial charge in [-0.15, -0.1) is 0 Å². The summed E-state index contributed by atoms with van der Waals surface area (Å²) in [5.74, 6) is 3.25. The van der Waals surface area contributed by atoms with Crippen LogP contribution in [0.15, 0.2) is 0 Å². The Hall–Kier alpha value is 0.130. The molecule has 0 N–H and O–H groups in total. The largest absolute Gasteiger partial charge is 0.0992 e. The molecule has 3 saturated carbocycles. The van der Waals surface area contributed by atoms with Crippen molar-refractivity contribution < 1.29 is 0 Å². The summed E-state index contributed by atoms with van der Waals surface area (Å²) < 4.78 is 0. The molecule has 3 rings (SSSR count). The molecule has 3 fully saturated rings. The standard InChI is InChI=1S/C10H20B2/c1-10(11,12)9-3-2-7-4-8(5-7)6-9/h7-9H,2-6,11-12H2,1H3. The van der Waals surface area contributed by atoms with Crippen molar-refractivity contribution in [1.82, 2.24) is 0 Å². The zero-order valence-electron chi connectivity index (χ0n) is 8.77. The van der Waals surface area contributed by atoms with E-state index in [0.29, 0.717) is 5.21 Å². The summed E-state index contributed by atoms with van der Waals surface area (Å²) in [6.45, 7) is 2.42. The highest BCUT2D eigenvalue weighted by Crippen LogP contribution is 2.50. The van der Waals surface area contributed by atoms with Crippen LogP contribution >= 0.6 is 0 Å². The molecular weight excluding hydrogens is 142 g/mol. The molecule has 0 nitrogen and oxygen atoms in total. The molecular formula is C10H20B2. The molecule has 1 atom stereocenters. The van der Waals surface area contributed by atoms with Crippen LogP contribution in [0.1, 0.15) is 39.0 Å². The van der Waals surface area contributed by atoms with E-state index in [9.17, 15) is 0 Å². The van der Waals surface area contributed by atoms with E-state index in [4.69, 9.17) is 0 Å². The van der Waals surface area contributed by atoms with E-state index in [-0.39, 0.29) is 0 Å². The molecule has 12 heavy (non-hydrogen) atoms. The SMILES string of the molecule is BC(B)(C)C1CCC2CC(C2)C1. The monoisotopic (exact) mass is 162 g/mol. The van der Waals surface area contributed by atoms with Gasteiger partial charge >= 0.3 is 0 Å². The molecule has 3 aliphatic rings. The number of fused-ring (bicyclic) bond motifs is 3. The molecule has 0 spiro atoms. The second-order valence-corrected chi connectivity index (χ2v) is 6.08. The Bertz CT molecular complexity index is 165. The van der Waals surface area contributed by atoms with Crippen LogP contribution in [-0.4, -0.2) is 15.7 Å². The van der Waals surface area contributed by atoms with Gasteiger partial charge in [-0.2, -0.15) is 0 Å². The van der Waals surface area contributed by atoms with E-state index in [2.05, 4.69) is 22.6 Å². The normalized spacial score (nSPS) is 41.6. The average Bonchev–Trinajstić information content (AvgIpc) is 2.11. The van der Waals surface area contributed by atoms with Crippen molar-refractivity contribution in [2.45, 2.75) is 44.2 Å². The fraction of sp³-hybridized carbons (Fsp3) is 1.00. The van der Waals surface area contributed by atoms with Crippen molar-refractivity contribution >= 4 is 15.7 Å². The predicted molar refractivity (Wildman–Crippen MR) is 59.0 cm³/mol. The van der Waals surface area contributed by atoms with Crippen LogP contribution in [0.3, 0.4) is 0 Å². The highest BCUT2D eigenvalue weighted by molar-refractivity contribution is 6.39. The summed E-state index contributed by atoms with van der Waals surface area (Å²) in [5, 5.41) is 0.567. The quantitative estimate of drug-likeness (QED) is 0.508. The average molecular weight is 162 g/mol. The van der Waals surface area contributed by atoms with E-state index in [1.165, 1.54) is 19.3 Å². The zero-order chi connectivity index (χ0) is 8.77. The van der Waals surface area contributed by atoms with Gasteiger partial charge in [0.05, 0.1) is 15.7 Å². The molecule has 0 aromatic heterocycles. The third kappa shape index (κ3) is 1.58. The van der Waals surface area contributed by atoms with Crippen molar-refractivity contribution in [3.8, 4) is 0 Å². The van der Waals surface area contributed by atoms with Crippen LogP contribution in [0.25, 0.3) is 0 Å². The van der Waals surface area contributed by atoms with Crippen molar-refractivity contribution in [2.75, 3.05) is 0 Å². The van der Waals surface area contributed by atoms with E-state index >= 15 is 0 Å². The maximum absolute atomic E-state index is 2.42. The van der Waals surface area contributed by atoms with Gasteiger partial charge in [-0.3, -0.25) is 0 Å². The summed E-state index contributed by atoms with van der Waals surface area (Å²) in [6.07, 6.45) is 7.68. The lowest BCUT2D eigenvalue weighted by Gasteiger charge is -2.35. The predicted octanol–water partition coefficient (Wildman–Crippen LogP) is 1.22. The third-order valence-electron chi connectivity index (χ3n) is 4.10. The summed E-state index contributed by atoms with van der Waals surface area (Å²) in [5.41, 5.74) is 0. The maximum Gasteiger partial charge on any atom is 0.0992 e. The smallest absolute Gasteiger partial charge is 0.0845 e. The second-order valence-electron chi connectivity index (χ2n) is 6.08. The van der Waals surface area contributed by atoms with Crippen molar-refractivity contribution in [3.05, 3.63) is 0 Å². The van der Waals surface area contributed by atoms with Gasteiger partial charge in [0.25, 0.3) is 0 Å². The molecule has 66 valence electrons. The Morgan fingerprint density at radius 1 is 1.00 bits per heavy atom. The fourth-order valence-electron chi connectivity index (χ4n) is 3.05. The third-order valence-corrected chi connectivity index (χ3v) is 4.10. The molecule has 0 aromatic carbocycles. The maximum atomic E-state index is 2.42. The molecule has 0 radical (unpaired) electrons. The van der Waals surface area contributed by atoms with Crippen LogP contribution in [0, 0.1) is 17.8 Å². The van der Waals surface area contributed by atoms with Crippen molar-refractivity contribution in [3.63, 3.8) is 0 Å². The molecule has 0 aliphatic heterocycles. The Balaban J connectivity index is 1.99. The lowest BCUT2D eigenvalue weighted by atomic mass is 9.48. The number of rotatable bonds is 1. The first-order valence-corrected chi connectivity index (χ1v) is 5.55. The highest BCUT2D eigenvalue weighted by Gasteiger charge is 2.38. The fourth-order valence-corrected chi connectivity index (χ4v) is 3.05. The Morgan fingerprint density at radius 2 is 1.67 bits per heavy atom. The highest BCUT2D eigenvalue weighted by atomic mass is 14.4. The number of hydrogen-bond donors (Lipinski definition) is 0. The van der Waals surface area contributed by atoms with Crippen LogP contribution < -0.4 is 0 Å². The van der Waals surface area contributed by atoms with Gasteiger partial charge in [-0.05, 0) is 37.0 Å². The van der Waals surface area contributed by atoms with Gasteiger partial charge in [0.15, 0.2) is 0 Å². The van der Waals surface area contributed by atoms with Gasteiger partial charge < -0.3 is 0 Å². The Labute approximate surface area is 78.3 Å². The molecule has 0 heterocycles. The lowest BCUT2D eigenvalue weighted by Crippen LogP contribution is -2.24. The van der Waals surface area contributed by atoms with E-state index in [1.807, 2.05) is 0 Å². The summed E-state index contributed by atoms with van der Waals surface area (Å²) >= 11 is 0. The van der Waals surface area contributed by atoms with Crippen LogP contribution in [0.5, 0.6) is 0 Å². The molecule has 0 saturated heterocycles. The Kier molecular flexibility index (Phi) is 2.05. The molecule has 3 aliphatic carbocycles. The van der Waals surface area contributed by atoms with Crippen LogP contribution in [0.4, 0.5) is 0 Å². The van der Waals surface area contributed by atoms with Gasteiger partial charge in [-0.25, -0.2) is 0 Å². The number of hydrogen-bond acceptors (Lipinski definition) is 0. The van der Waals surface area contributed by atoms with Crippen molar-refractivity contribution in [1.29, 1.82) is 0 Å². The first kappa shape index (κ1) is 8.72. The van der Waals surface area contributed by atoms with E-state index < -0.39 is 0 Å². The minimum absolute atomic E-state index is 0.567. The molecule has 2 heteroatoms. The van der Waals surface area contributed by atoms with Gasteiger partial charge in [-0.1, -0.05) is 25.0 Å². The van der Waals surface area contributed by atoms with E-state index in [1.54, 1.807) is 12.8 Å². The molecule has 2 bridgehead atoms. The molecule has 1 unspecified atom stereocenters. The summed E-state index contributed by atoms with van der Waals surface area (Å²) in [7, 11) is 4.83. The molecule has 0 amide bonds. The first-order valence-electron chi connectivity index (χ1n) is 5.55. The zero-order valence-corrected chi connectivity index (χ0v) is 8.77. The lowest BCUT2D eigenvalue weighted by molar-refractivity contribution is 0.192. The summed E-state index contributed by atoms with van der Waals surface area (Å²) in [4.78, 5) is 0. The summed E-state index contributed by atoms with van der Waals surface area (Å²) in [6, 6.07) is 0.